The fourth-order valence-electron chi connectivity index (χ4n) is 4.23. The van der Waals surface area contributed by atoms with E-state index in [0.717, 1.165) is 21.5 Å². The number of piperazine rings is 1. The number of aromatic nitrogens is 1. The van der Waals surface area contributed by atoms with Crippen LogP contribution in [-0.4, -0.2) is 58.8 Å². The smallest absolute Gasteiger partial charge is 0.253 e. The second-order valence-corrected chi connectivity index (χ2v) is 9.01. The number of amides is 1. The molecule has 1 amide bonds. The van der Waals surface area contributed by atoms with E-state index in [0.29, 0.717) is 43.9 Å². The average Bonchev–Trinajstić information content (AvgIpc) is 3.08. The number of benzene rings is 2. The minimum absolute atomic E-state index is 0.0140. The molecule has 1 aliphatic rings. The summed E-state index contributed by atoms with van der Waals surface area (Å²) in [4.78, 5) is 29.7. The van der Waals surface area contributed by atoms with Crippen molar-refractivity contribution < 1.29 is 14.0 Å². The molecule has 2 heterocycles. The lowest BCUT2D eigenvalue weighted by molar-refractivity contribution is 0.0624. The molecule has 32 heavy (non-hydrogen) atoms. The Morgan fingerprint density at radius 1 is 0.969 bits per heavy atom. The zero-order valence-electron chi connectivity index (χ0n) is 18.1. The molecule has 0 bridgehead atoms. The van der Waals surface area contributed by atoms with Gasteiger partial charge in [-0.1, -0.05) is 22.0 Å². The van der Waals surface area contributed by atoms with Gasteiger partial charge in [-0.3, -0.25) is 14.5 Å². The topological polar surface area (TPSA) is 45.6 Å². The zero-order valence-corrected chi connectivity index (χ0v) is 19.7. The minimum atomic E-state index is -0.287. The van der Waals surface area contributed by atoms with Gasteiger partial charge in [0.25, 0.3) is 5.91 Å². The third kappa shape index (κ3) is 4.69. The lowest BCUT2D eigenvalue weighted by atomic mass is 10.1. The molecular weight excluding hydrogens is 473 g/mol. The molecule has 7 heteroatoms. The Labute approximate surface area is 195 Å². The number of rotatable bonds is 5. The highest BCUT2D eigenvalue weighted by atomic mass is 79.9. The van der Waals surface area contributed by atoms with Crippen molar-refractivity contribution in [3.05, 3.63) is 87.4 Å². The number of carbonyl (C=O) groups excluding carboxylic acids is 2. The van der Waals surface area contributed by atoms with Crippen LogP contribution >= 0.6 is 15.9 Å². The summed E-state index contributed by atoms with van der Waals surface area (Å²) in [5, 5.41) is 0. The summed E-state index contributed by atoms with van der Waals surface area (Å²) < 4.78 is 16.1. The van der Waals surface area contributed by atoms with Crippen molar-refractivity contribution in [3.8, 4) is 5.69 Å². The first-order chi connectivity index (χ1) is 15.3. The molecule has 0 radical (unpaired) electrons. The third-order valence-corrected chi connectivity index (χ3v) is 6.41. The van der Waals surface area contributed by atoms with E-state index in [1.165, 1.54) is 12.1 Å². The normalized spacial score (nSPS) is 14.6. The van der Waals surface area contributed by atoms with Crippen molar-refractivity contribution in [2.24, 2.45) is 0 Å². The lowest BCUT2D eigenvalue weighted by Gasteiger charge is -2.34. The van der Waals surface area contributed by atoms with Crippen molar-refractivity contribution in [3.63, 3.8) is 0 Å². The van der Waals surface area contributed by atoms with Gasteiger partial charge in [0.2, 0.25) is 0 Å². The number of hydrogen-bond acceptors (Lipinski definition) is 3. The molecule has 1 aromatic heterocycles. The molecule has 0 spiro atoms. The van der Waals surface area contributed by atoms with Crippen LogP contribution in [0.3, 0.4) is 0 Å². The highest BCUT2D eigenvalue weighted by Gasteiger charge is 2.25. The SMILES string of the molecule is Cc1cc(C(=O)CN2CCN(C(=O)c3cccc(Br)c3)CC2)c(C)n1-c1ccc(F)cc1. The van der Waals surface area contributed by atoms with Gasteiger partial charge >= 0.3 is 0 Å². The summed E-state index contributed by atoms with van der Waals surface area (Å²) in [6.45, 7) is 6.66. The quantitative estimate of drug-likeness (QED) is 0.482. The van der Waals surface area contributed by atoms with Crippen molar-refractivity contribution in [2.45, 2.75) is 13.8 Å². The van der Waals surface area contributed by atoms with Crippen molar-refractivity contribution in [1.82, 2.24) is 14.4 Å². The van der Waals surface area contributed by atoms with E-state index in [1.54, 1.807) is 12.1 Å². The van der Waals surface area contributed by atoms with Gasteiger partial charge in [0, 0.05) is 58.9 Å². The van der Waals surface area contributed by atoms with E-state index in [9.17, 15) is 14.0 Å². The van der Waals surface area contributed by atoms with E-state index in [-0.39, 0.29) is 17.5 Å². The van der Waals surface area contributed by atoms with Crippen LogP contribution in [0.25, 0.3) is 5.69 Å². The van der Waals surface area contributed by atoms with E-state index in [2.05, 4.69) is 20.8 Å². The third-order valence-electron chi connectivity index (χ3n) is 5.91. The van der Waals surface area contributed by atoms with Crippen LogP contribution in [0.4, 0.5) is 4.39 Å². The van der Waals surface area contributed by atoms with Crippen LogP contribution in [0.2, 0.25) is 0 Å². The number of halogens is 2. The van der Waals surface area contributed by atoms with Gasteiger partial charge < -0.3 is 9.47 Å². The van der Waals surface area contributed by atoms with Crippen LogP contribution in [0, 0.1) is 19.7 Å². The van der Waals surface area contributed by atoms with Crippen molar-refractivity contribution in [1.29, 1.82) is 0 Å². The Morgan fingerprint density at radius 2 is 1.66 bits per heavy atom. The van der Waals surface area contributed by atoms with Crippen LogP contribution < -0.4 is 0 Å². The molecule has 3 aromatic rings. The second kappa shape index (κ2) is 9.38. The second-order valence-electron chi connectivity index (χ2n) is 8.10. The average molecular weight is 498 g/mol. The molecule has 0 saturated carbocycles. The summed E-state index contributed by atoms with van der Waals surface area (Å²) >= 11 is 3.41. The number of hydrogen-bond donors (Lipinski definition) is 0. The van der Waals surface area contributed by atoms with Gasteiger partial charge in [0.15, 0.2) is 5.78 Å². The first-order valence-corrected chi connectivity index (χ1v) is 11.4. The van der Waals surface area contributed by atoms with Gasteiger partial charge in [-0.15, -0.1) is 0 Å². The summed E-state index contributed by atoms with van der Waals surface area (Å²) in [7, 11) is 0. The molecule has 4 rings (SSSR count). The molecule has 0 aliphatic carbocycles. The Balaban J connectivity index is 1.40. The monoisotopic (exact) mass is 497 g/mol. The minimum Gasteiger partial charge on any atom is -0.336 e. The van der Waals surface area contributed by atoms with Gasteiger partial charge in [-0.2, -0.15) is 0 Å². The molecule has 5 nitrogen and oxygen atoms in total. The zero-order chi connectivity index (χ0) is 22.8. The molecule has 1 fully saturated rings. The molecule has 0 unspecified atom stereocenters. The first kappa shape index (κ1) is 22.4. The van der Waals surface area contributed by atoms with Crippen molar-refractivity contribution >= 4 is 27.6 Å². The first-order valence-electron chi connectivity index (χ1n) is 10.6. The summed E-state index contributed by atoms with van der Waals surface area (Å²) in [5.74, 6) is -0.219. The van der Waals surface area contributed by atoms with Gasteiger partial charge in [-0.25, -0.2) is 4.39 Å². The van der Waals surface area contributed by atoms with Crippen LogP contribution in [0.1, 0.15) is 32.1 Å². The Morgan fingerprint density at radius 3 is 2.31 bits per heavy atom. The maximum absolute atomic E-state index is 13.3. The Bertz CT molecular complexity index is 1150. The molecule has 0 atom stereocenters. The number of Topliss-reactive ketones (excluding diaryl/α,β-unsaturated/α-hetero) is 1. The van der Waals surface area contributed by atoms with Crippen LogP contribution in [0.5, 0.6) is 0 Å². The standard InChI is InChI=1S/C25H25BrFN3O2/c1-17-14-23(18(2)30(17)22-8-6-21(27)7-9-22)24(31)16-28-10-12-29(13-11-28)25(32)19-4-3-5-20(26)15-19/h3-9,14-15H,10-13,16H2,1-2H3. The molecule has 166 valence electrons. The summed E-state index contributed by atoms with van der Waals surface area (Å²) in [5.41, 5.74) is 3.96. The Hall–Kier alpha value is -2.77. The molecule has 0 N–H and O–H groups in total. The van der Waals surface area contributed by atoms with Crippen LogP contribution in [0.15, 0.2) is 59.1 Å². The Kier molecular flexibility index (Phi) is 6.58. The molecule has 1 saturated heterocycles. The predicted octanol–water partition coefficient (Wildman–Crippen LogP) is 4.64. The largest absolute Gasteiger partial charge is 0.336 e. The fourth-order valence-corrected chi connectivity index (χ4v) is 4.63. The summed E-state index contributed by atoms with van der Waals surface area (Å²) in [6, 6.07) is 15.6. The summed E-state index contributed by atoms with van der Waals surface area (Å²) in [6.07, 6.45) is 0. The van der Waals surface area contributed by atoms with Gasteiger partial charge in [-0.05, 0) is 62.4 Å². The number of carbonyl (C=O) groups is 2. The molecular formula is C25H25BrFN3O2. The van der Waals surface area contributed by atoms with E-state index in [1.807, 2.05) is 53.6 Å². The lowest BCUT2D eigenvalue weighted by Crippen LogP contribution is -2.49. The van der Waals surface area contributed by atoms with E-state index >= 15 is 0 Å². The highest BCUT2D eigenvalue weighted by molar-refractivity contribution is 9.10. The van der Waals surface area contributed by atoms with E-state index < -0.39 is 0 Å². The maximum atomic E-state index is 13.3. The highest BCUT2D eigenvalue weighted by Crippen LogP contribution is 2.22. The van der Waals surface area contributed by atoms with Gasteiger partial charge in [0.1, 0.15) is 5.82 Å². The van der Waals surface area contributed by atoms with Gasteiger partial charge in [0.05, 0.1) is 6.54 Å². The van der Waals surface area contributed by atoms with Crippen molar-refractivity contribution in [2.75, 3.05) is 32.7 Å². The fraction of sp³-hybridized carbons (Fsp3) is 0.280. The number of nitrogens with zero attached hydrogens (tertiary/aromatic N) is 3. The van der Waals surface area contributed by atoms with E-state index in [4.69, 9.17) is 0 Å². The molecule has 2 aromatic carbocycles. The van der Waals surface area contributed by atoms with Crippen LogP contribution in [-0.2, 0) is 0 Å². The number of ketones is 1. The number of aryl methyl sites for hydroxylation is 1. The maximum Gasteiger partial charge on any atom is 0.253 e. The predicted molar refractivity (Wildman–Crippen MR) is 126 cm³/mol. The molecule has 1 aliphatic heterocycles.